The van der Waals surface area contributed by atoms with E-state index in [9.17, 15) is 18.9 Å². The fraction of sp³-hybridized carbons (Fsp3) is 0.400. The number of benzene rings is 1. The lowest BCUT2D eigenvalue weighted by molar-refractivity contribution is 0.187. The lowest BCUT2D eigenvalue weighted by Crippen LogP contribution is -2.02. The van der Waals surface area contributed by atoms with E-state index in [1.807, 2.05) is 0 Å². The zero-order chi connectivity index (χ0) is 15.4. The van der Waals surface area contributed by atoms with E-state index in [0.29, 0.717) is 11.3 Å². The summed E-state index contributed by atoms with van der Waals surface area (Å²) in [6, 6.07) is 6.51. The number of nitrogens with one attached hydrogen (secondary N) is 1. The Bertz CT molecular complexity index is 535. The molecule has 0 aliphatic rings. The van der Waals surface area contributed by atoms with Crippen LogP contribution in [0.2, 0.25) is 0 Å². The highest BCUT2D eigenvalue weighted by molar-refractivity contribution is 7.64. The van der Waals surface area contributed by atoms with Gasteiger partial charge in [0.2, 0.25) is 0 Å². The molecule has 1 aromatic rings. The molecule has 114 valence electrons. The molecule has 1 rings (SSSR count). The van der Waals surface area contributed by atoms with Crippen molar-refractivity contribution in [2.75, 3.05) is 4.84 Å². The van der Waals surface area contributed by atoms with Gasteiger partial charge in [-0.3, -0.25) is 13.9 Å². The quantitative estimate of drug-likeness (QED) is 0.514. The molecule has 0 heterocycles. The average molecular weight is 344 g/mol. The number of phosphoric ester groups is 1. The van der Waals surface area contributed by atoms with E-state index in [-0.39, 0.29) is 6.61 Å². The van der Waals surface area contributed by atoms with Crippen molar-refractivity contribution in [3.63, 3.8) is 0 Å². The second kappa shape index (κ2) is 7.05. The van der Waals surface area contributed by atoms with Crippen LogP contribution in [0.1, 0.15) is 19.4 Å². The van der Waals surface area contributed by atoms with Crippen LogP contribution in [0, 0.1) is 0 Å². The first-order valence-corrected chi connectivity index (χ1v) is 9.15. The normalized spacial score (nSPS) is 17.5. The molecule has 0 aliphatic carbocycles. The minimum Gasteiger partial charge on any atom is -0.324 e. The zero-order valence-corrected chi connectivity index (χ0v) is 13.4. The predicted molar refractivity (Wildman–Crippen MR) is 76.6 cm³/mol. The monoisotopic (exact) mass is 343 g/mol. The van der Waals surface area contributed by atoms with Gasteiger partial charge in [0, 0.05) is 17.5 Å². The van der Waals surface area contributed by atoms with Crippen LogP contribution >= 0.6 is 27.2 Å². The summed E-state index contributed by atoms with van der Waals surface area (Å²) in [6.45, 7) is 2.56. The molecule has 2 unspecified atom stereocenters. The molecule has 0 spiro atoms. The van der Waals surface area contributed by atoms with E-state index in [4.69, 9.17) is 11.8 Å². The highest BCUT2D eigenvalue weighted by atomic mass is 35.5. The third-order valence-electron chi connectivity index (χ3n) is 2.33. The summed E-state index contributed by atoms with van der Waals surface area (Å²) in [7, 11) is -8.79. The Morgan fingerprint density at radius 2 is 1.80 bits per heavy atom. The van der Waals surface area contributed by atoms with E-state index in [1.165, 1.54) is 13.8 Å². The molecular formula is C10H16ClNO6P2. The standard InChI is InChI=1S/C10H16ClNO6P2/c1-8(2)19(13,14)18-20(15,16)17-7-9-3-5-10(12-11)6-4-9/h3-6,8,12H,7H2,1-2H3,(H,13,14)(H,15,16). The Morgan fingerprint density at radius 1 is 1.25 bits per heavy atom. The van der Waals surface area contributed by atoms with Crippen LogP contribution in [0.4, 0.5) is 5.69 Å². The Balaban J connectivity index is 2.63. The molecule has 3 N–H and O–H groups in total. The van der Waals surface area contributed by atoms with Crippen molar-refractivity contribution >= 4 is 32.9 Å². The van der Waals surface area contributed by atoms with Crippen LogP contribution in [-0.4, -0.2) is 15.4 Å². The zero-order valence-electron chi connectivity index (χ0n) is 10.9. The summed E-state index contributed by atoms with van der Waals surface area (Å²) < 4.78 is 32.1. The molecule has 0 amide bonds. The van der Waals surface area contributed by atoms with Gasteiger partial charge in [0.05, 0.1) is 12.3 Å². The number of rotatable bonds is 7. The van der Waals surface area contributed by atoms with E-state index >= 15 is 0 Å². The summed E-state index contributed by atoms with van der Waals surface area (Å²) in [5.74, 6) is 0. The molecule has 0 fully saturated rings. The average Bonchev–Trinajstić information content (AvgIpc) is 2.35. The molecule has 10 heteroatoms. The SMILES string of the molecule is CC(C)P(=O)(O)OP(=O)(O)OCc1ccc(NCl)cc1. The lowest BCUT2D eigenvalue weighted by atomic mass is 10.2. The Kier molecular flexibility index (Phi) is 6.23. The smallest absolute Gasteiger partial charge is 0.324 e. The van der Waals surface area contributed by atoms with Crippen LogP contribution in [0.25, 0.3) is 0 Å². The molecule has 0 saturated heterocycles. The summed E-state index contributed by atoms with van der Waals surface area (Å²) >= 11 is 5.39. The van der Waals surface area contributed by atoms with E-state index in [1.54, 1.807) is 24.3 Å². The first-order chi connectivity index (χ1) is 9.16. The molecule has 0 saturated carbocycles. The molecular weight excluding hydrogens is 328 g/mol. The van der Waals surface area contributed by atoms with Gasteiger partial charge >= 0.3 is 15.4 Å². The van der Waals surface area contributed by atoms with Crippen LogP contribution in [0.15, 0.2) is 24.3 Å². The summed E-state index contributed by atoms with van der Waals surface area (Å²) in [4.78, 5) is 21.2. The van der Waals surface area contributed by atoms with Gasteiger partial charge < -0.3 is 9.79 Å². The van der Waals surface area contributed by atoms with Crippen LogP contribution in [0.3, 0.4) is 0 Å². The van der Waals surface area contributed by atoms with Crippen LogP contribution in [0.5, 0.6) is 0 Å². The van der Waals surface area contributed by atoms with E-state index in [2.05, 4.69) is 13.7 Å². The van der Waals surface area contributed by atoms with Gasteiger partial charge in [-0.1, -0.05) is 26.0 Å². The molecule has 0 radical (unpaired) electrons. The van der Waals surface area contributed by atoms with Gasteiger partial charge in [0.15, 0.2) is 0 Å². The minimum atomic E-state index is -4.61. The molecule has 2 atom stereocenters. The van der Waals surface area contributed by atoms with Crippen LogP contribution in [-0.2, 0) is 24.6 Å². The number of phosphoric acid groups is 1. The van der Waals surface area contributed by atoms with Gasteiger partial charge in [-0.2, -0.15) is 0 Å². The van der Waals surface area contributed by atoms with Gasteiger partial charge in [-0.15, -0.1) is 0 Å². The number of anilines is 1. The minimum absolute atomic E-state index is 0.242. The van der Waals surface area contributed by atoms with E-state index in [0.717, 1.165) is 0 Å². The lowest BCUT2D eigenvalue weighted by Gasteiger charge is -2.18. The van der Waals surface area contributed by atoms with Gasteiger partial charge in [-0.05, 0) is 17.7 Å². The molecule has 0 aliphatic heterocycles. The third kappa shape index (κ3) is 5.54. The maximum atomic E-state index is 11.6. The fourth-order valence-corrected chi connectivity index (χ4v) is 3.65. The van der Waals surface area contributed by atoms with Crippen molar-refractivity contribution in [1.29, 1.82) is 0 Å². The number of halogens is 1. The third-order valence-corrected chi connectivity index (χ3v) is 6.07. The highest BCUT2D eigenvalue weighted by Crippen LogP contribution is 2.62. The molecule has 20 heavy (non-hydrogen) atoms. The van der Waals surface area contributed by atoms with Gasteiger partial charge in [-0.25, -0.2) is 8.88 Å². The maximum absolute atomic E-state index is 11.6. The fourth-order valence-electron chi connectivity index (χ4n) is 1.09. The summed E-state index contributed by atoms with van der Waals surface area (Å²) in [5.41, 5.74) is 0.426. The van der Waals surface area contributed by atoms with Gasteiger partial charge in [0.1, 0.15) is 0 Å². The maximum Gasteiger partial charge on any atom is 0.479 e. The van der Waals surface area contributed by atoms with E-state index < -0.39 is 21.1 Å². The molecule has 7 nitrogen and oxygen atoms in total. The van der Waals surface area contributed by atoms with Crippen molar-refractivity contribution in [1.82, 2.24) is 0 Å². The molecule has 1 aromatic carbocycles. The van der Waals surface area contributed by atoms with Crippen molar-refractivity contribution in [3.05, 3.63) is 29.8 Å². The van der Waals surface area contributed by atoms with Crippen molar-refractivity contribution in [2.45, 2.75) is 26.1 Å². The Hall–Kier alpha value is -0.390. The Morgan fingerprint density at radius 3 is 2.25 bits per heavy atom. The predicted octanol–water partition coefficient (Wildman–Crippen LogP) is 3.48. The van der Waals surface area contributed by atoms with Crippen LogP contribution < -0.4 is 4.84 Å². The molecule has 0 bridgehead atoms. The summed E-state index contributed by atoms with van der Waals surface area (Å²) in [5, 5.41) is 0. The second-order valence-electron chi connectivity index (χ2n) is 4.27. The topological polar surface area (TPSA) is 105 Å². The number of hydrogen-bond acceptors (Lipinski definition) is 5. The number of hydrogen-bond donors (Lipinski definition) is 3. The molecule has 0 aromatic heterocycles. The summed E-state index contributed by atoms with van der Waals surface area (Å²) in [6.07, 6.45) is 0. The first kappa shape index (κ1) is 17.7. The first-order valence-electron chi connectivity index (χ1n) is 5.63. The highest BCUT2D eigenvalue weighted by Gasteiger charge is 2.36. The van der Waals surface area contributed by atoms with Crippen molar-refractivity contribution in [3.8, 4) is 0 Å². The van der Waals surface area contributed by atoms with Crippen molar-refractivity contribution < 1.29 is 27.8 Å². The van der Waals surface area contributed by atoms with Crippen molar-refractivity contribution in [2.24, 2.45) is 0 Å². The second-order valence-corrected chi connectivity index (χ2v) is 8.47. The Labute approximate surface area is 122 Å². The van der Waals surface area contributed by atoms with Gasteiger partial charge in [0.25, 0.3) is 0 Å². The largest absolute Gasteiger partial charge is 0.479 e.